The van der Waals surface area contributed by atoms with Crippen molar-refractivity contribution < 1.29 is 28.6 Å². The van der Waals surface area contributed by atoms with Crippen molar-refractivity contribution in [3.05, 3.63) is 47.6 Å². The molecule has 8 heteroatoms. The average Bonchev–Trinajstić information content (AvgIpc) is 2.74. The van der Waals surface area contributed by atoms with Gasteiger partial charge in [0.25, 0.3) is 0 Å². The molecular formula is C27H38N2O6. The van der Waals surface area contributed by atoms with Gasteiger partial charge in [0, 0.05) is 12.8 Å². The van der Waals surface area contributed by atoms with Gasteiger partial charge in [0.2, 0.25) is 0 Å². The summed E-state index contributed by atoms with van der Waals surface area (Å²) in [4.78, 5) is 39.7. The van der Waals surface area contributed by atoms with Crippen LogP contribution in [0.2, 0.25) is 0 Å². The molecule has 0 unspecified atom stereocenters. The van der Waals surface area contributed by atoms with Gasteiger partial charge in [-0.15, -0.1) is 0 Å². The standard InChI is InChI=1S/C27H38N2O6/c1-10-34-23(31)28-18-12-14-19(15-13-18)29(24(32)35-11-2)27(33-9)21(25(3,4)5)16-20(30)17-22(27)26(6,7)8/h12-17H,10-11H2,1-9H3,(H,28,31). The molecule has 1 aliphatic rings. The highest BCUT2D eigenvalue weighted by Gasteiger charge is 2.55. The first-order chi connectivity index (χ1) is 16.2. The predicted octanol–water partition coefficient (Wildman–Crippen LogP) is 6.09. The highest BCUT2D eigenvalue weighted by Crippen LogP contribution is 2.51. The number of carbonyl (C=O) groups is 3. The van der Waals surface area contributed by atoms with E-state index in [9.17, 15) is 14.4 Å². The molecule has 0 saturated carbocycles. The van der Waals surface area contributed by atoms with Crippen molar-refractivity contribution in [2.45, 2.75) is 61.1 Å². The Bertz CT molecular complexity index is 976. The fourth-order valence-electron chi connectivity index (χ4n) is 4.25. The first kappa shape index (κ1) is 28.1. The summed E-state index contributed by atoms with van der Waals surface area (Å²) in [5.41, 5.74) is -0.261. The van der Waals surface area contributed by atoms with Crippen LogP contribution in [0.1, 0.15) is 55.4 Å². The van der Waals surface area contributed by atoms with Crippen molar-refractivity contribution in [2.75, 3.05) is 30.5 Å². The van der Waals surface area contributed by atoms with Gasteiger partial charge in [0.1, 0.15) is 0 Å². The van der Waals surface area contributed by atoms with E-state index in [1.54, 1.807) is 50.3 Å². The van der Waals surface area contributed by atoms with Crippen molar-refractivity contribution in [3.8, 4) is 0 Å². The molecule has 1 aromatic carbocycles. The van der Waals surface area contributed by atoms with Gasteiger partial charge in [-0.3, -0.25) is 10.1 Å². The predicted molar refractivity (Wildman–Crippen MR) is 136 cm³/mol. The molecule has 0 heterocycles. The maximum Gasteiger partial charge on any atom is 0.417 e. The van der Waals surface area contributed by atoms with E-state index < -0.39 is 28.7 Å². The zero-order valence-electron chi connectivity index (χ0n) is 22.3. The summed E-state index contributed by atoms with van der Waals surface area (Å²) in [5.74, 6) is -0.162. The number of methoxy groups -OCH3 is 1. The van der Waals surface area contributed by atoms with Gasteiger partial charge in [-0.25, -0.2) is 14.5 Å². The van der Waals surface area contributed by atoms with E-state index in [0.717, 1.165) is 0 Å². The summed E-state index contributed by atoms with van der Waals surface area (Å²) in [6, 6.07) is 6.71. The Morgan fingerprint density at radius 2 is 1.37 bits per heavy atom. The number of nitrogens with zero attached hydrogens (tertiary/aromatic N) is 1. The van der Waals surface area contributed by atoms with E-state index in [1.807, 2.05) is 41.5 Å². The number of rotatable bonds is 6. The van der Waals surface area contributed by atoms with Gasteiger partial charge >= 0.3 is 12.2 Å². The van der Waals surface area contributed by atoms with Crippen molar-refractivity contribution in [1.29, 1.82) is 0 Å². The highest BCUT2D eigenvalue weighted by atomic mass is 16.6. The van der Waals surface area contributed by atoms with Crippen LogP contribution in [-0.2, 0) is 19.0 Å². The summed E-state index contributed by atoms with van der Waals surface area (Å²) < 4.78 is 16.7. The van der Waals surface area contributed by atoms with Crippen LogP contribution in [0.5, 0.6) is 0 Å². The van der Waals surface area contributed by atoms with E-state index in [-0.39, 0.29) is 19.0 Å². The lowest BCUT2D eigenvalue weighted by atomic mass is 9.67. The number of hydrogen-bond donors (Lipinski definition) is 1. The average molecular weight is 487 g/mol. The summed E-state index contributed by atoms with van der Waals surface area (Å²) in [6.07, 6.45) is 1.89. The van der Waals surface area contributed by atoms with Gasteiger partial charge in [0.05, 0.1) is 18.9 Å². The van der Waals surface area contributed by atoms with Crippen LogP contribution < -0.4 is 10.2 Å². The van der Waals surface area contributed by atoms with Crippen LogP contribution in [-0.4, -0.2) is 44.0 Å². The molecule has 192 valence electrons. The Kier molecular flexibility index (Phi) is 8.55. The lowest BCUT2D eigenvalue weighted by molar-refractivity contribution is -0.111. The van der Waals surface area contributed by atoms with Gasteiger partial charge in [-0.2, -0.15) is 0 Å². The summed E-state index contributed by atoms with van der Waals surface area (Å²) in [5, 5.41) is 2.64. The minimum Gasteiger partial charge on any atom is -0.450 e. The maximum atomic E-state index is 13.6. The van der Waals surface area contributed by atoms with Crippen LogP contribution in [0.25, 0.3) is 0 Å². The van der Waals surface area contributed by atoms with Crippen LogP contribution in [0.4, 0.5) is 21.0 Å². The number of carbonyl (C=O) groups excluding carboxylic acids is 3. The number of allylic oxidation sites excluding steroid dienone is 2. The molecule has 0 fully saturated rings. The molecule has 0 saturated heterocycles. The third-order valence-electron chi connectivity index (χ3n) is 5.63. The monoisotopic (exact) mass is 486 g/mol. The molecule has 35 heavy (non-hydrogen) atoms. The second-order valence-electron chi connectivity index (χ2n) is 10.3. The number of hydrogen-bond acceptors (Lipinski definition) is 6. The SMILES string of the molecule is CCOC(=O)Nc1ccc(N(C(=O)OCC)C2(OC)C(C(C)(C)C)=CC(=O)C=C2C(C)(C)C)cc1. The van der Waals surface area contributed by atoms with Crippen LogP contribution in [0.15, 0.2) is 47.6 Å². The molecule has 2 amide bonds. The minimum absolute atomic E-state index is 0.152. The van der Waals surface area contributed by atoms with Gasteiger partial charge in [-0.1, -0.05) is 41.5 Å². The molecule has 2 rings (SSSR count). The normalized spacial score (nSPS) is 15.6. The lowest BCUT2D eigenvalue weighted by Crippen LogP contribution is -2.61. The second-order valence-corrected chi connectivity index (χ2v) is 10.3. The van der Waals surface area contributed by atoms with Gasteiger partial charge < -0.3 is 14.2 Å². The van der Waals surface area contributed by atoms with E-state index >= 15 is 0 Å². The molecule has 0 atom stereocenters. The summed E-state index contributed by atoms with van der Waals surface area (Å²) in [7, 11) is 1.53. The molecule has 0 bridgehead atoms. The molecule has 0 aromatic heterocycles. The van der Waals surface area contributed by atoms with Crippen molar-refractivity contribution >= 4 is 29.3 Å². The molecule has 1 aliphatic carbocycles. The molecule has 1 aromatic rings. The third kappa shape index (κ3) is 5.93. The number of ether oxygens (including phenoxy) is 3. The Balaban J connectivity index is 2.79. The van der Waals surface area contributed by atoms with Crippen LogP contribution in [0.3, 0.4) is 0 Å². The largest absolute Gasteiger partial charge is 0.450 e. The first-order valence-corrected chi connectivity index (χ1v) is 11.8. The molecule has 0 radical (unpaired) electrons. The van der Waals surface area contributed by atoms with E-state index in [4.69, 9.17) is 14.2 Å². The quantitative estimate of drug-likeness (QED) is 0.489. The lowest BCUT2D eigenvalue weighted by Gasteiger charge is -2.52. The maximum absolute atomic E-state index is 13.6. The van der Waals surface area contributed by atoms with Crippen molar-refractivity contribution in [2.24, 2.45) is 10.8 Å². The topological polar surface area (TPSA) is 94.2 Å². The Hall–Kier alpha value is -3.13. The zero-order chi connectivity index (χ0) is 26.6. The summed E-state index contributed by atoms with van der Waals surface area (Å²) >= 11 is 0. The Morgan fingerprint density at radius 1 is 0.886 bits per heavy atom. The Labute approximate surface area is 208 Å². The van der Waals surface area contributed by atoms with Crippen LogP contribution >= 0.6 is 0 Å². The van der Waals surface area contributed by atoms with E-state index in [2.05, 4.69) is 5.32 Å². The number of ketones is 1. The number of benzene rings is 1. The fraction of sp³-hybridized carbons (Fsp3) is 0.519. The zero-order valence-corrected chi connectivity index (χ0v) is 22.3. The number of anilines is 2. The third-order valence-corrected chi connectivity index (χ3v) is 5.63. The second kappa shape index (κ2) is 10.6. The minimum atomic E-state index is -1.42. The molecular weight excluding hydrogens is 448 g/mol. The first-order valence-electron chi connectivity index (χ1n) is 11.8. The molecule has 0 aliphatic heterocycles. The Morgan fingerprint density at radius 3 is 1.77 bits per heavy atom. The number of amides is 2. The fourth-order valence-corrected chi connectivity index (χ4v) is 4.25. The van der Waals surface area contributed by atoms with E-state index in [0.29, 0.717) is 22.5 Å². The van der Waals surface area contributed by atoms with Crippen LogP contribution in [0, 0.1) is 10.8 Å². The van der Waals surface area contributed by atoms with Crippen molar-refractivity contribution in [3.63, 3.8) is 0 Å². The van der Waals surface area contributed by atoms with Crippen molar-refractivity contribution in [1.82, 2.24) is 0 Å². The molecule has 8 nitrogen and oxygen atoms in total. The molecule has 0 spiro atoms. The summed E-state index contributed by atoms with van der Waals surface area (Å²) in [6.45, 7) is 15.7. The van der Waals surface area contributed by atoms with E-state index in [1.165, 1.54) is 12.0 Å². The van der Waals surface area contributed by atoms with Gasteiger partial charge in [-0.05, 0) is 72.2 Å². The number of nitrogens with one attached hydrogen (secondary N) is 1. The van der Waals surface area contributed by atoms with Gasteiger partial charge in [0.15, 0.2) is 11.5 Å². The smallest absolute Gasteiger partial charge is 0.417 e. The molecule has 1 N–H and O–H groups in total. The highest BCUT2D eigenvalue weighted by molar-refractivity contribution is 6.04.